The molecule has 0 aliphatic heterocycles. The minimum atomic E-state index is -0.955. The number of hydrogen-bond acceptors (Lipinski definition) is 9. The van der Waals surface area contributed by atoms with Crippen molar-refractivity contribution >= 4 is 23.7 Å². The Bertz CT molecular complexity index is 753. The van der Waals surface area contributed by atoms with E-state index in [1.54, 1.807) is 6.26 Å². The first-order valence-electron chi connectivity index (χ1n) is 6.47. The molecule has 2 aromatic heterocycles. The van der Waals surface area contributed by atoms with Gasteiger partial charge in [0.15, 0.2) is 23.3 Å². The molecule has 0 aliphatic carbocycles. The van der Waals surface area contributed by atoms with Crippen LogP contribution in [0.2, 0.25) is 0 Å². The van der Waals surface area contributed by atoms with E-state index < -0.39 is 34.8 Å². The van der Waals surface area contributed by atoms with Gasteiger partial charge in [0.05, 0.1) is 6.42 Å². The van der Waals surface area contributed by atoms with Crippen LogP contribution in [0.25, 0.3) is 0 Å². The summed E-state index contributed by atoms with van der Waals surface area (Å²) in [4.78, 5) is 28.1. The lowest BCUT2D eigenvalue weighted by molar-refractivity contribution is -0.140. The fraction of sp³-hybridized carbons (Fsp3) is 0.231. The summed E-state index contributed by atoms with van der Waals surface area (Å²) in [5, 5.41) is 36.1. The van der Waals surface area contributed by atoms with E-state index in [2.05, 4.69) is 9.97 Å². The lowest BCUT2D eigenvalue weighted by Gasteiger charge is -2.12. The first kappa shape index (κ1) is 17.4. The molecule has 0 amide bonds. The molecule has 0 bridgehead atoms. The molecule has 2 aromatic rings. The van der Waals surface area contributed by atoms with Gasteiger partial charge in [-0.1, -0.05) is 0 Å². The van der Waals surface area contributed by atoms with Crippen molar-refractivity contribution in [3.8, 4) is 35.0 Å². The molecule has 10 nitrogen and oxygen atoms in total. The second-order valence-electron chi connectivity index (χ2n) is 4.56. The van der Waals surface area contributed by atoms with Crippen LogP contribution < -0.4 is 9.47 Å². The van der Waals surface area contributed by atoms with Crippen molar-refractivity contribution in [2.75, 3.05) is 6.26 Å². The van der Waals surface area contributed by atoms with Gasteiger partial charge < -0.3 is 29.9 Å². The molecule has 0 saturated heterocycles. The maximum absolute atomic E-state index is 12.0. The highest BCUT2D eigenvalue weighted by molar-refractivity contribution is 7.99. The van der Waals surface area contributed by atoms with Gasteiger partial charge in [-0.25, -0.2) is 0 Å². The van der Waals surface area contributed by atoms with Gasteiger partial charge in [0.2, 0.25) is 11.8 Å². The Morgan fingerprint density at radius 3 is 1.96 bits per heavy atom. The van der Waals surface area contributed by atoms with Gasteiger partial charge in [-0.15, -0.1) is 11.8 Å². The van der Waals surface area contributed by atoms with Crippen molar-refractivity contribution in [3.05, 3.63) is 12.1 Å². The lowest BCUT2D eigenvalue weighted by atomic mass is 10.3. The van der Waals surface area contributed by atoms with Crippen molar-refractivity contribution in [1.29, 1.82) is 0 Å². The van der Waals surface area contributed by atoms with E-state index in [-0.39, 0.29) is 23.8 Å². The number of aromatic hydroxyl groups is 4. The number of aromatic nitrogens is 2. The molecule has 0 aliphatic rings. The average molecular weight is 358 g/mol. The molecule has 0 aromatic carbocycles. The van der Waals surface area contributed by atoms with Gasteiger partial charge in [-0.05, 0) is 6.26 Å². The van der Waals surface area contributed by atoms with Crippen LogP contribution in [0.15, 0.2) is 12.1 Å². The number of ether oxygens (including phenoxy) is 2. The monoisotopic (exact) mass is 358 g/mol. The highest BCUT2D eigenvalue weighted by Crippen LogP contribution is 2.32. The molecule has 6 N–H and O–H groups in total. The molecule has 1 atom stereocenters. The molecule has 24 heavy (non-hydrogen) atoms. The van der Waals surface area contributed by atoms with E-state index in [0.717, 1.165) is 23.9 Å². The zero-order chi connectivity index (χ0) is 17.9. The lowest BCUT2D eigenvalue weighted by Crippen LogP contribution is -2.27. The van der Waals surface area contributed by atoms with Gasteiger partial charge in [0, 0.05) is 12.1 Å². The predicted molar refractivity (Wildman–Crippen MR) is 81.4 cm³/mol. The van der Waals surface area contributed by atoms with Crippen LogP contribution in [0, 0.1) is 0 Å². The number of H-pyrrole nitrogens is 2. The van der Waals surface area contributed by atoms with Crippen molar-refractivity contribution < 1.29 is 39.5 Å². The zero-order valence-electron chi connectivity index (χ0n) is 12.3. The summed E-state index contributed by atoms with van der Waals surface area (Å²) in [5.41, 5.74) is 0. The van der Waals surface area contributed by atoms with Gasteiger partial charge in [-0.2, -0.15) is 0 Å². The number of thioether (sulfide) groups is 1. The maximum Gasteiger partial charge on any atom is 0.325 e. The Morgan fingerprint density at radius 1 is 1.04 bits per heavy atom. The third-order valence-corrected chi connectivity index (χ3v) is 3.76. The number of carbonyl (C=O) groups is 2. The van der Waals surface area contributed by atoms with E-state index in [9.17, 15) is 19.8 Å². The van der Waals surface area contributed by atoms with Crippen molar-refractivity contribution in [2.24, 2.45) is 0 Å². The average Bonchev–Trinajstić information content (AvgIpc) is 2.97. The Morgan fingerprint density at radius 2 is 1.54 bits per heavy atom. The van der Waals surface area contributed by atoms with Crippen LogP contribution >= 0.6 is 11.8 Å². The fourth-order valence-electron chi connectivity index (χ4n) is 1.73. The number of aromatic amines is 2. The summed E-state index contributed by atoms with van der Waals surface area (Å²) < 4.78 is 9.72. The minimum absolute atomic E-state index is 0.279. The second-order valence-corrected chi connectivity index (χ2v) is 5.60. The molecular weight excluding hydrogens is 344 g/mol. The van der Waals surface area contributed by atoms with E-state index in [0.29, 0.717) is 0 Å². The summed E-state index contributed by atoms with van der Waals surface area (Å²) in [6.45, 7) is 0. The molecule has 0 spiro atoms. The van der Waals surface area contributed by atoms with Crippen LogP contribution in [0.4, 0.5) is 0 Å². The molecule has 0 fully saturated rings. The number of carbonyl (C=O) groups excluding carboxylic acids is 2. The predicted octanol–water partition coefficient (Wildman–Crippen LogP) is 0.798. The van der Waals surface area contributed by atoms with E-state index >= 15 is 0 Å². The largest absolute Gasteiger partial charge is 0.494 e. The summed E-state index contributed by atoms with van der Waals surface area (Å²) in [5.74, 6) is -4.08. The van der Waals surface area contributed by atoms with Crippen LogP contribution in [0.3, 0.4) is 0 Å². The molecule has 0 saturated carbocycles. The van der Waals surface area contributed by atoms with E-state index in [1.165, 1.54) is 0 Å². The third kappa shape index (κ3) is 4.07. The topological polar surface area (TPSA) is 165 Å². The zero-order valence-corrected chi connectivity index (χ0v) is 13.1. The normalized spacial score (nSPS) is 11.9. The minimum Gasteiger partial charge on any atom is -0.494 e. The molecular formula is C13H14N2O8S. The van der Waals surface area contributed by atoms with Crippen molar-refractivity contribution in [1.82, 2.24) is 9.97 Å². The van der Waals surface area contributed by atoms with Crippen LogP contribution in [-0.2, 0) is 9.59 Å². The number of rotatable bonds is 6. The fourth-order valence-corrected chi connectivity index (χ4v) is 2.27. The molecule has 11 heteroatoms. The molecule has 2 heterocycles. The second kappa shape index (κ2) is 7.08. The summed E-state index contributed by atoms with van der Waals surface area (Å²) in [6, 6.07) is 2.00. The molecule has 2 rings (SSSR count). The standard InChI is InChI=1S/C13H14N2O8S/c1-24-7(13(21)23-6-3-9(17)15-12(6)20)4-10(18)22-5-2-8(16)14-11(5)19/h2-3,7,14-17,19-20H,4H2,1H3. The van der Waals surface area contributed by atoms with Crippen LogP contribution in [0.5, 0.6) is 35.0 Å². The highest BCUT2D eigenvalue weighted by Gasteiger charge is 2.26. The van der Waals surface area contributed by atoms with Gasteiger partial charge in [0.1, 0.15) is 5.25 Å². The highest BCUT2D eigenvalue weighted by atomic mass is 32.2. The van der Waals surface area contributed by atoms with Crippen LogP contribution in [0.1, 0.15) is 6.42 Å². The van der Waals surface area contributed by atoms with E-state index in [4.69, 9.17) is 19.7 Å². The summed E-state index contributed by atoms with van der Waals surface area (Å²) >= 11 is 1.01. The van der Waals surface area contributed by atoms with Gasteiger partial charge in [-0.3, -0.25) is 19.6 Å². The molecule has 0 radical (unpaired) electrons. The first-order chi connectivity index (χ1) is 11.3. The summed E-state index contributed by atoms with van der Waals surface area (Å²) in [7, 11) is 0. The maximum atomic E-state index is 12.0. The third-order valence-electron chi connectivity index (χ3n) is 2.83. The van der Waals surface area contributed by atoms with E-state index in [1.807, 2.05) is 0 Å². The molecule has 1 unspecified atom stereocenters. The quantitative estimate of drug-likeness (QED) is 0.409. The van der Waals surface area contributed by atoms with Crippen molar-refractivity contribution in [2.45, 2.75) is 11.7 Å². The van der Waals surface area contributed by atoms with Gasteiger partial charge >= 0.3 is 11.9 Å². The number of nitrogens with one attached hydrogen (secondary N) is 2. The van der Waals surface area contributed by atoms with Gasteiger partial charge in [0.25, 0.3) is 0 Å². The Balaban J connectivity index is 1.97. The smallest absolute Gasteiger partial charge is 0.325 e. The Labute approximate surface area is 139 Å². The Kier molecular flexibility index (Phi) is 5.14. The van der Waals surface area contributed by atoms with Crippen LogP contribution in [-0.4, -0.2) is 53.8 Å². The summed E-state index contributed by atoms with van der Waals surface area (Å²) in [6.07, 6.45) is 1.18. The SMILES string of the molecule is CSC(CC(=O)Oc1cc(O)[nH]c1O)C(=O)Oc1cc(O)[nH]c1O. The number of esters is 2. The number of hydrogen-bond donors (Lipinski definition) is 6. The first-order valence-corrected chi connectivity index (χ1v) is 7.76. The Hall–Kier alpha value is -2.95. The molecule has 130 valence electrons. The van der Waals surface area contributed by atoms with Crippen molar-refractivity contribution in [3.63, 3.8) is 0 Å².